The van der Waals surface area contributed by atoms with Crippen molar-refractivity contribution in [3.8, 4) is 0 Å². The van der Waals surface area contributed by atoms with Gasteiger partial charge in [-0.1, -0.05) is 11.6 Å². The number of carbonyl (C=O) groups is 2. The maximum absolute atomic E-state index is 11.7. The minimum atomic E-state index is -0.490. The topological polar surface area (TPSA) is 55.7 Å². The van der Waals surface area contributed by atoms with E-state index in [9.17, 15) is 9.59 Å². The third-order valence-corrected chi connectivity index (χ3v) is 4.42. The van der Waals surface area contributed by atoms with Crippen molar-refractivity contribution in [1.82, 2.24) is 0 Å². The highest BCUT2D eigenvalue weighted by Gasteiger charge is 2.24. The SMILES string of the molecule is COC(=O)C1=C/C(=C2/SSN=C2Cl)C(=O)C=C1. The van der Waals surface area contributed by atoms with Crippen LogP contribution in [-0.2, 0) is 14.3 Å². The molecular weight excluding hydrogens is 282 g/mol. The molecule has 0 aromatic rings. The highest BCUT2D eigenvalue weighted by Crippen LogP contribution is 2.43. The summed E-state index contributed by atoms with van der Waals surface area (Å²) in [7, 11) is 3.77. The molecule has 0 saturated carbocycles. The molecule has 0 N–H and O–H groups in total. The van der Waals surface area contributed by atoms with E-state index in [0.29, 0.717) is 16.1 Å². The molecule has 4 nitrogen and oxygen atoms in total. The van der Waals surface area contributed by atoms with Crippen LogP contribution in [0.1, 0.15) is 0 Å². The van der Waals surface area contributed by atoms with Crippen LogP contribution in [0.15, 0.2) is 38.7 Å². The van der Waals surface area contributed by atoms with Crippen LogP contribution >= 0.6 is 33.4 Å². The third kappa shape index (κ3) is 2.48. The summed E-state index contributed by atoms with van der Waals surface area (Å²) >= 11 is 5.87. The number of ketones is 1. The molecule has 0 spiro atoms. The molecule has 1 aliphatic heterocycles. The molecule has 1 aliphatic carbocycles. The largest absolute Gasteiger partial charge is 0.465 e. The molecule has 0 aromatic heterocycles. The summed E-state index contributed by atoms with van der Waals surface area (Å²) in [5, 5.41) is 0.277. The normalized spacial score (nSPS) is 23.5. The first-order chi connectivity index (χ1) is 8.13. The summed E-state index contributed by atoms with van der Waals surface area (Å²) in [6.45, 7) is 0. The fraction of sp³-hybridized carbons (Fsp3) is 0.100. The lowest BCUT2D eigenvalue weighted by Gasteiger charge is -2.08. The molecule has 0 unspecified atom stereocenters. The summed E-state index contributed by atoms with van der Waals surface area (Å²) in [6, 6.07) is 0. The Balaban J connectivity index is 2.44. The van der Waals surface area contributed by atoms with E-state index in [1.165, 1.54) is 47.1 Å². The van der Waals surface area contributed by atoms with Crippen LogP contribution in [0, 0.1) is 0 Å². The lowest BCUT2D eigenvalue weighted by atomic mass is 10.0. The Morgan fingerprint density at radius 3 is 2.82 bits per heavy atom. The van der Waals surface area contributed by atoms with E-state index < -0.39 is 5.97 Å². The van der Waals surface area contributed by atoms with Crippen molar-refractivity contribution < 1.29 is 14.3 Å². The standard InChI is InChI=1S/C10H6ClNO3S2/c1-15-10(14)5-2-3-7(13)6(4-5)8-9(11)12-17-16-8/h2-4H,1H3/b8-6-. The first kappa shape index (κ1) is 12.5. The van der Waals surface area contributed by atoms with Crippen LogP contribution in [0.25, 0.3) is 0 Å². The van der Waals surface area contributed by atoms with Crippen molar-refractivity contribution in [2.45, 2.75) is 0 Å². The van der Waals surface area contributed by atoms with Gasteiger partial charge in [0, 0.05) is 5.57 Å². The van der Waals surface area contributed by atoms with E-state index in [1.807, 2.05) is 0 Å². The minimum absolute atomic E-state index is 0.198. The zero-order valence-electron chi connectivity index (χ0n) is 8.60. The van der Waals surface area contributed by atoms with Crippen LogP contribution in [0.2, 0.25) is 0 Å². The fourth-order valence-corrected chi connectivity index (χ4v) is 3.61. The van der Waals surface area contributed by atoms with Gasteiger partial charge in [-0.15, -0.1) is 0 Å². The predicted octanol–water partition coefficient (Wildman–Crippen LogP) is 2.43. The summed E-state index contributed by atoms with van der Waals surface area (Å²) in [6.07, 6.45) is 4.22. The van der Waals surface area contributed by atoms with Crippen LogP contribution in [0.3, 0.4) is 0 Å². The van der Waals surface area contributed by atoms with Crippen LogP contribution < -0.4 is 0 Å². The van der Waals surface area contributed by atoms with Gasteiger partial charge >= 0.3 is 5.97 Å². The van der Waals surface area contributed by atoms with E-state index in [0.717, 1.165) is 0 Å². The number of esters is 1. The molecule has 0 bridgehead atoms. The molecule has 0 fully saturated rings. The molecular formula is C10H6ClNO3S2. The number of carbonyl (C=O) groups excluding carboxylic acids is 2. The van der Waals surface area contributed by atoms with Crippen molar-refractivity contribution in [1.29, 1.82) is 0 Å². The van der Waals surface area contributed by atoms with Crippen molar-refractivity contribution >= 4 is 50.3 Å². The van der Waals surface area contributed by atoms with E-state index in [2.05, 4.69) is 9.13 Å². The average Bonchev–Trinajstić information content (AvgIpc) is 2.75. The Hall–Kier alpha value is -0.980. The Labute approximate surface area is 110 Å². The Morgan fingerprint density at radius 2 is 2.24 bits per heavy atom. The maximum atomic E-state index is 11.7. The summed E-state index contributed by atoms with van der Waals surface area (Å²) in [5.41, 5.74) is 0.688. The molecule has 7 heteroatoms. The summed E-state index contributed by atoms with van der Waals surface area (Å²) in [5.74, 6) is -0.688. The first-order valence-corrected chi connectivity index (χ1v) is 6.96. The van der Waals surface area contributed by atoms with Gasteiger partial charge in [-0.2, -0.15) is 4.40 Å². The zero-order chi connectivity index (χ0) is 12.4. The average molecular weight is 288 g/mol. The highest BCUT2D eigenvalue weighted by molar-refractivity contribution is 8.78. The summed E-state index contributed by atoms with van der Waals surface area (Å²) < 4.78 is 8.49. The van der Waals surface area contributed by atoms with Gasteiger partial charge in [-0.3, -0.25) is 4.79 Å². The van der Waals surface area contributed by atoms with Gasteiger partial charge in [0.1, 0.15) is 0 Å². The first-order valence-electron chi connectivity index (χ1n) is 4.47. The number of methoxy groups -OCH3 is 1. The maximum Gasteiger partial charge on any atom is 0.337 e. The highest BCUT2D eigenvalue weighted by atomic mass is 35.5. The van der Waals surface area contributed by atoms with Crippen molar-refractivity contribution in [2.24, 2.45) is 4.40 Å². The predicted molar refractivity (Wildman–Crippen MR) is 69.7 cm³/mol. The molecule has 2 aliphatic rings. The molecule has 0 amide bonds. The smallest absolute Gasteiger partial charge is 0.337 e. The minimum Gasteiger partial charge on any atom is -0.465 e. The van der Waals surface area contributed by atoms with Gasteiger partial charge in [0.25, 0.3) is 0 Å². The molecule has 88 valence electrons. The zero-order valence-corrected chi connectivity index (χ0v) is 11.0. The van der Waals surface area contributed by atoms with Crippen LogP contribution in [0.4, 0.5) is 0 Å². The summed E-state index contributed by atoms with van der Waals surface area (Å²) in [4.78, 5) is 23.6. The van der Waals surface area contributed by atoms with Crippen molar-refractivity contribution in [3.05, 3.63) is 34.3 Å². The van der Waals surface area contributed by atoms with Gasteiger partial charge in [-0.05, 0) is 29.0 Å². The molecule has 1 heterocycles. The Bertz CT molecular complexity index is 520. The molecule has 0 radical (unpaired) electrons. The molecule has 0 saturated heterocycles. The number of allylic oxidation sites excluding steroid dienone is 4. The van der Waals surface area contributed by atoms with E-state index in [-0.39, 0.29) is 11.0 Å². The number of hydrogen-bond donors (Lipinski definition) is 0. The lowest BCUT2D eigenvalue weighted by molar-refractivity contribution is -0.135. The quantitative estimate of drug-likeness (QED) is 0.321. The molecule has 17 heavy (non-hydrogen) atoms. The number of ether oxygens (including phenoxy) is 1. The Morgan fingerprint density at radius 1 is 1.47 bits per heavy atom. The second kappa shape index (κ2) is 5.12. The molecule has 2 rings (SSSR count). The molecule has 0 aromatic carbocycles. The van der Waals surface area contributed by atoms with Gasteiger partial charge in [-0.25, -0.2) is 4.79 Å². The number of hydrogen-bond acceptors (Lipinski definition) is 6. The lowest BCUT2D eigenvalue weighted by Crippen LogP contribution is -2.11. The van der Waals surface area contributed by atoms with Gasteiger partial charge in [0.15, 0.2) is 11.0 Å². The van der Waals surface area contributed by atoms with Crippen LogP contribution in [0.5, 0.6) is 0 Å². The van der Waals surface area contributed by atoms with Crippen molar-refractivity contribution in [3.63, 3.8) is 0 Å². The van der Waals surface area contributed by atoms with E-state index in [1.54, 1.807) is 0 Å². The van der Waals surface area contributed by atoms with E-state index >= 15 is 0 Å². The van der Waals surface area contributed by atoms with Gasteiger partial charge in [0.2, 0.25) is 0 Å². The fourth-order valence-electron chi connectivity index (χ4n) is 1.27. The number of halogens is 1. The number of nitrogens with zero attached hydrogens (tertiary/aromatic N) is 1. The number of rotatable bonds is 1. The van der Waals surface area contributed by atoms with E-state index in [4.69, 9.17) is 11.6 Å². The monoisotopic (exact) mass is 287 g/mol. The van der Waals surface area contributed by atoms with Crippen LogP contribution in [-0.4, -0.2) is 24.0 Å². The van der Waals surface area contributed by atoms with Gasteiger partial charge < -0.3 is 4.74 Å². The molecule has 0 atom stereocenters. The second-order valence-electron chi connectivity index (χ2n) is 3.07. The second-order valence-corrected chi connectivity index (χ2v) is 5.28. The third-order valence-electron chi connectivity index (χ3n) is 2.07. The van der Waals surface area contributed by atoms with Gasteiger partial charge in [0.05, 0.1) is 28.6 Å². The van der Waals surface area contributed by atoms with Crippen molar-refractivity contribution in [2.75, 3.05) is 7.11 Å². The Kier molecular flexibility index (Phi) is 3.76.